The highest BCUT2D eigenvalue weighted by molar-refractivity contribution is 5.96. The molecule has 1 saturated carbocycles. The van der Waals surface area contributed by atoms with Crippen LogP contribution in [0.4, 0.5) is 8.78 Å². The normalized spacial score (nSPS) is 20.2. The maximum Gasteiger partial charge on any atom is 0.135 e. The number of halogens is 2. The second-order valence-electron chi connectivity index (χ2n) is 9.37. The molecular weight excluding hydrogens is 448 g/mol. The zero-order valence-electron chi connectivity index (χ0n) is 19.2. The molecule has 0 bridgehead atoms. The molecule has 1 aliphatic heterocycles. The van der Waals surface area contributed by atoms with Crippen molar-refractivity contribution in [2.24, 2.45) is 0 Å². The average Bonchev–Trinajstić information content (AvgIpc) is 3.59. The Balaban J connectivity index is 1.47. The third kappa shape index (κ3) is 3.96. The standard InChI is InChI=1S/C27H23F2N5O/c1-15-2-6-21-26(20-7-3-18(28)11-23(20)29)33-25(22(12-30)27(21)32-15)16-8-9-35-24(10-16)17-13-31-34(14-17)19-4-5-19/h2-3,6-7,11,13-14,16,19,24H,4-5,8-10H2,1H3/t16-,24+/m1/s1. The van der Waals surface area contributed by atoms with Crippen molar-refractivity contribution in [3.05, 3.63) is 76.9 Å². The van der Waals surface area contributed by atoms with E-state index in [4.69, 9.17) is 9.72 Å². The van der Waals surface area contributed by atoms with Gasteiger partial charge in [-0.3, -0.25) is 14.6 Å². The van der Waals surface area contributed by atoms with Crippen LogP contribution < -0.4 is 0 Å². The first-order chi connectivity index (χ1) is 17.0. The number of hydrogen-bond acceptors (Lipinski definition) is 5. The molecule has 2 atom stereocenters. The van der Waals surface area contributed by atoms with E-state index in [1.807, 2.05) is 24.0 Å². The van der Waals surface area contributed by atoms with E-state index in [1.54, 1.807) is 12.1 Å². The summed E-state index contributed by atoms with van der Waals surface area (Å²) in [6, 6.07) is 9.85. The first-order valence-electron chi connectivity index (χ1n) is 11.8. The lowest BCUT2D eigenvalue weighted by molar-refractivity contribution is 0.00459. The number of benzene rings is 1. The topological polar surface area (TPSA) is 76.6 Å². The maximum atomic E-state index is 14.9. The van der Waals surface area contributed by atoms with Crippen LogP contribution in [-0.4, -0.2) is 26.4 Å². The maximum absolute atomic E-state index is 14.9. The van der Waals surface area contributed by atoms with Gasteiger partial charge in [0, 0.05) is 47.0 Å². The Morgan fingerprint density at radius 1 is 1.11 bits per heavy atom. The molecule has 0 spiro atoms. The van der Waals surface area contributed by atoms with Gasteiger partial charge >= 0.3 is 0 Å². The Morgan fingerprint density at radius 2 is 1.97 bits per heavy atom. The van der Waals surface area contributed by atoms with Gasteiger partial charge in [-0.2, -0.15) is 10.4 Å². The van der Waals surface area contributed by atoms with Gasteiger partial charge in [-0.05, 0) is 56.9 Å². The molecule has 0 amide bonds. The smallest absolute Gasteiger partial charge is 0.135 e. The summed E-state index contributed by atoms with van der Waals surface area (Å²) < 4.78 is 36.6. The number of nitriles is 1. The van der Waals surface area contributed by atoms with Crippen LogP contribution in [0, 0.1) is 29.9 Å². The summed E-state index contributed by atoms with van der Waals surface area (Å²) in [6.45, 7) is 2.36. The summed E-state index contributed by atoms with van der Waals surface area (Å²) in [6.07, 6.45) is 7.34. The Labute approximate surface area is 201 Å². The Hall–Kier alpha value is -3.70. The summed E-state index contributed by atoms with van der Waals surface area (Å²) in [7, 11) is 0. The average molecular weight is 472 g/mol. The lowest BCUT2D eigenvalue weighted by atomic mass is 9.86. The monoisotopic (exact) mass is 471 g/mol. The highest BCUT2D eigenvalue weighted by Crippen LogP contribution is 2.42. The van der Waals surface area contributed by atoms with Crippen LogP contribution in [0.25, 0.3) is 22.2 Å². The minimum Gasteiger partial charge on any atom is -0.373 e. The molecule has 2 fully saturated rings. The van der Waals surface area contributed by atoms with E-state index in [2.05, 4.69) is 16.2 Å². The molecule has 1 saturated heterocycles. The van der Waals surface area contributed by atoms with Gasteiger partial charge in [0.2, 0.25) is 0 Å². The van der Waals surface area contributed by atoms with Crippen molar-refractivity contribution >= 4 is 10.9 Å². The zero-order chi connectivity index (χ0) is 24.1. The zero-order valence-corrected chi connectivity index (χ0v) is 19.2. The lowest BCUT2D eigenvalue weighted by Crippen LogP contribution is -2.20. The molecule has 4 heterocycles. The Bertz CT molecular complexity index is 1490. The third-order valence-electron chi connectivity index (χ3n) is 6.90. The van der Waals surface area contributed by atoms with Gasteiger partial charge in [0.05, 0.1) is 35.2 Å². The predicted molar refractivity (Wildman–Crippen MR) is 126 cm³/mol. The predicted octanol–water partition coefficient (Wildman–Crippen LogP) is 5.92. The van der Waals surface area contributed by atoms with Crippen LogP contribution >= 0.6 is 0 Å². The summed E-state index contributed by atoms with van der Waals surface area (Å²) >= 11 is 0. The molecule has 35 heavy (non-hydrogen) atoms. The summed E-state index contributed by atoms with van der Waals surface area (Å²) in [5, 5.41) is 15.2. The van der Waals surface area contributed by atoms with E-state index in [0.717, 1.165) is 30.2 Å². The van der Waals surface area contributed by atoms with Gasteiger partial charge < -0.3 is 4.74 Å². The molecular formula is C27H23F2N5O. The van der Waals surface area contributed by atoms with Crippen LogP contribution in [0.2, 0.25) is 0 Å². The fourth-order valence-corrected chi connectivity index (χ4v) is 4.92. The molecule has 1 aliphatic carbocycles. The molecule has 0 N–H and O–H groups in total. The highest BCUT2D eigenvalue weighted by atomic mass is 19.1. The molecule has 0 unspecified atom stereocenters. The van der Waals surface area contributed by atoms with Gasteiger partial charge in [-0.15, -0.1) is 0 Å². The van der Waals surface area contributed by atoms with Crippen molar-refractivity contribution in [1.82, 2.24) is 19.7 Å². The minimum absolute atomic E-state index is 0.0818. The van der Waals surface area contributed by atoms with E-state index < -0.39 is 11.6 Å². The number of rotatable bonds is 4. The second kappa shape index (κ2) is 8.51. The third-order valence-corrected chi connectivity index (χ3v) is 6.90. The fourth-order valence-electron chi connectivity index (χ4n) is 4.92. The second-order valence-corrected chi connectivity index (χ2v) is 9.37. The van der Waals surface area contributed by atoms with Crippen LogP contribution in [0.1, 0.15) is 66.3 Å². The first-order valence-corrected chi connectivity index (χ1v) is 11.8. The van der Waals surface area contributed by atoms with Crippen LogP contribution in [0.3, 0.4) is 0 Å². The van der Waals surface area contributed by atoms with Crippen molar-refractivity contribution in [3.63, 3.8) is 0 Å². The highest BCUT2D eigenvalue weighted by Gasteiger charge is 2.32. The molecule has 176 valence electrons. The number of aryl methyl sites for hydroxylation is 1. The van der Waals surface area contributed by atoms with Gasteiger partial charge in [0.25, 0.3) is 0 Å². The van der Waals surface area contributed by atoms with E-state index in [-0.39, 0.29) is 17.6 Å². The number of nitrogens with zero attached hydrogens (tertiary/aromatic N) is 5. The molecule has 6 nitrogen and oxygen atoms in total. The fraction of sp³-hybridized carbons (Fsp3) is 0.333. The first kappa shape index (κ1) is 21.8. The summed E-state index contributed by atoms with van der Waals surface area (Å²) in [4.78, 5) is 9.49. The van der Waals surface area contributed by atoms with Gasteiger partial charge in [0.1, 0.15) is 23.3 Å². The molecule has 6 rings (SSSR count). The van der Waals surface area contributed by atoms with Gasteiger partial charge in [-0.25, -0.2) is 8.78 Å². The number of hydrogen-bond donors (Lipinski definition) is 0. The molecule has 2 aliphatic rings. The molecule has 0 radical (unpaired) electrons. The van der Waals surface area contributed by atoms with Crippen molar-refractivity contribution in [1.29, 1.82) is 5.26 Å². The van der Waals surface area contributed by atoms with Crippen molar-refractivity contribution in [2.45, 2.75) is 50.7 Å². The number of aromatic nitrogens is 4. The van der Waals surface area contributed by atoms with E-state index in [0.29, 0.717) is 53.3 Å². The lowest BCUT2D eigenvalue weighted by Gasteiger charge is -2.29. The summed E-state index contributed by atoms with van der Waals surface area (Å²) in [5.41, 5.74) is 3.77. The van der Waals surface area contributed by atoms with Crippen LogP contribution in [0.5, 0.6) is 0 Å². The minimum atomic E-state index is -0.702. The van der Waals surface area contributed by atoms with Gasteiger partial charge in [-0.1, -0.05) is 0 Å². The molecule has 4 aromatic rings. The van der Waals surface area contributed by atoms with Crippen molar-refractivity contribution in [3.8, 4) is 17.3 Å². The van der Waals surface area contributed by atoms with Gasteiger partial charge in [0.15, 0.2) is 0 Å². The Kier molecular flexibility index (Phi) is 5.30. The van der Waals surface area contributed by atoms with E-state index in [1.165, 1.54) is 12.1 Å². The number of ether oxygens (including phenoxy) is 1. The number of pyridine rings is 2. The van der Waals surface area contributed by atoms with Crippen molar-refractivity contribution in [2.75, 3.05) is 6.61 Å². The van der Waals surface area contributed by atoms with Crippen molar-refractivity contribution < 1.29 is 13.5 Å². The SMILES string of the molecule is Cc1ccc2c(-c3ccc(F)cc3F)nc([C@@H]3CCO[C@H](c4cnn(C5CC5)c4)C3)c(C#N)c2n1. The van der Waals surface area contributed by atoms with E-state index >= 15 is 0 Å². The van der Waals surface area contributed by atoms with Crippen LogP contribution in [0.15, 0.2) is 42.7 Å². The Morgan fingerprint density at radius 3 is 2.74 bits per heavy atom. The van der Waals surface area contributed by atoms with E-state index in [9.17, 15) is 14.0 Å². The largest absolute Gasteiger partial charge is 0.373 e. The number of fused-ring (bicyclic) bond motifs is 1. The molecule has 3 aromatic heterocycles. The molecule has 1 aromatic carbocycles. The quantitative estimate of drug-likeness (QED) is 0.369. The van der Waals surface area contributed by atoms with Crippen LogP contribution in [-0.2, 0) is 4.74 Å². The molecule has 8 heteroatoms. The summed E-state index contributed by atoms with van der Waals surface area (Å²) in [5.74, 6) is -1.44.